The average molecular weight is 411 g/mol. The van der Waals surface area contributed by atoms with Crippen LogP contribution in [0.5, 0.6) is 0 Å². The first-order valence-corrected chi connectivity index (χ1v) is 11.1. The number of amides is 2. The van der Waals surface area contributed by atoms with E-state index in [2.05, 4.69) is 35.2 Å². The highest BCUT2D eigenvalue weighted by atomic mass is 16.2. The fourth-order valence-corrected chi connectivity index (χ4v) is 4.75. The van der Waals surface area contributed by atoms with Gasteiger partial charge in [0.2, 0.25) is 0 Å². The van der Waals surface area contributed by atoms with E-state index in [1.165, 1.54) is 16.0 Å². The van der Waals surface area contributed by atoms with Crippen LogP contribution < -0.4 is 0 Å². The first-order valence-electron chi connectivity index (χ1n) is 11.1. The zero-order valence-electron chi connectivity index (χ0n) is 17.6. The van der Waals surface area contributed by atoms with Crippen molar-refractivity contribution in [1.82, 2.24) is 9.80 Å². The lowest BCUT2D eigenvalue weighted by molar-refractivity contribution is 0.0607. The molecule has 0 spiro atoms. The van der Waals surface area contributed by atoms with Crippen LogP contribution in [0.2, 0.25) is 0 Å². The van der Waals surface area contributed by atoms with Crippen molar-refractivity contribution in [2.45, 2.75) is 19.3 Å². The fourth-order valence-electron chi connectivity index (χ4n) is 4.75. The molecule has 2 aliphatic heterocycles. The summed E-state index contributed by atoms with van der Waals surface area (Å²) in [5.41, 5.74) is 3.96. The van der Waals surface area contributed by atoms with Crippen molar-refractivity contribution in [3.8, 4) is 0 Å². The number of nitrogens with zero attached hydrogens (tertiary/aromatic N) is 2. The van der Waals surface area contributed by atoms with E-state index >= 15 is 0 Å². The minimum Gasteiger partial charge on any atom is -0.299 e. The zero-order valence-corrected chi connectivity index (χ0v) is 17.6. The molecule has 0 unspecified atom stereocenters. The number of carbonyl (C=O) groups excluding carboxylic acids is 2. The van der Waals surface area contributed by atoms with Crippen molar-refractivity contribution < 1.29 is 9.59 Å². The molecule has 0 radical (unpaired) electrons. The van der Waals surface area contributed by atoms with E-state index in [1.807, 2.05) is 42.5 Å². The fraction of sp³-hybridized carbons (Fsp3) is 0.259. The number of hydrogen-bond acceptors (Lipinski definition) is 3. The Morgan fingerprint density at radius 1 is 0.742 bits per heavy atom. The average Bonchev–Trinajstić information content (AvgIpc) is 2.82. The van der Waals surface area contributed by atoms with Gasteiger partial charge in [-0.1, -0.05) is 60.7 Å². The van der Waals surface area contributed by atoms with E-state index < -0.39 is 0 Å². The smallest absolute Gasteiger partial charge is 0.261 e. The zero-order chi connectivity index (χ0) is 21.2. The molecule has 156 valence electrons. The molecule has 4 heteroatoms. The Morgan fingerprint density at radius 3 is 2.13 bits per heavy atom. The van der Waals surface area contributed by atoms with E-state index in [0.717, 1.165) is 49.7 Å². The summed E-state index contributed by atoms with van der Waals surface area (Å²) in [6.45, 7) is 3.47. The topological polar surface area (TPSA) is 40.6 Å². The van der Waals surface area contributed by atoms with Crippen LogP contribution in [-0.4, -0.2) is 47.8 Å². The third kappa shape index (κ3) is 3.79. The summed E-state index contributed by atoms with van der Waals surface area (Å²) in [6.07, 6.45) is 5.19. The largest absolute Gasteiger partial charge is 0.299 e. The summed E-state index contributed by atoms with van der Waals surface area (Å²) in [4.78, 5) is 29.9. The minimum absolute atomic E-state index is 0.165. The summed E-state index contributed by atoms with van der Waals surface area (Å²) in [7, 11) is 0. The Labute approximate surface area is 182 Å². The van der Waals surface area contributed by atoms with Gasteiger partial charge in [-0.25, -0.2) is 0 Å². The number of imide groups is 1. The van der Waals surface area contributed by atoms with Crippen molar-refractivity contribution >= 4 is 28.2 Å². The minimum atomic E-state index is -0.165. The third-order valence-electron chi connectivity index (χ3n) is 6.34. The van der Waals surface area contributed by atoms with Crippen LogP contribution in [0.15, 0.2) is 72.8 Å². The van der Waals surface area contributed by atoms with Gasteiger partial charge in [-0.15, -0.1) is 0 Å². The Kier molecular flexibility index (Phi) is 5.39. The summed E-state index contributed by atoms with van der Waals surface area (Å²) in [5.74, 6) is -0.330. The van der Waals surface area contributed by atoms with E-state index in [9.17, 15) is 9.59 Å². The quantitative estimate of drug-likeness (QED) is 0.424. The van der Waals surface area contributed by atoms with E-state index in [0.29, 0.717) is 17.7 Å². The molecule has 0 aliphatic carbocycles. The van der Waals surface area contributed by atoms with Gasteiger partial charge in [-0.05, 0) is 54.5 Å². The number of benzene rings is 3. The molecule has 0 atom stereocenters. The normalized spacial score (nSPS) is 16.6. The first-order chi connectivity index (χ1) is 15.2. The molecule has 4 nitrogen and oxygen atoms in total. The molecule has 0 bridgehead atoms. The maximum absolute atomic E-state index is 13.0. The second kappa shape index (κ2) is 8.48. The molecule has 5 rings (SSSR count). The van der Waals surface area contributed by atoms with Crippen molar-refractivity contribution in [1.29, 1.82) is 0 Å². The highest BCUT2D eigenvalue weighted by Crippen LogP contribution is 2.30. The molecule has 2 aliphatic rings. The molecule has 3 aromatic rings. The summed E-state index contributed by atoms with van der Waals surface area (Å²) in [5, 5.41) is 1.74. The molecule has 0 N–H and O–H groups in total. The Morgan fingerprint density at radius 2 is 1.42 bits per heavy atom. The summed E-state index contributed by atoms with van der Waals surface area (Å²) in [6, 6.07) is 21.9. The lowest BCUT2D eigenvalue weighted by Gasteiger charge is -2.29. The number of hydrogen-bond donors (Lipinski definition) is 0. The van der Waals surface area contributed by atoms with Gasteiger partial charge in [0.05, 0.1) is 0 Å². The lowest BCUT2D eigenvalue weighted by Crippen LogP contribution is -2.41. The van der Waals surface area contributed by atoms with Gasteiger partial charge < -0.3 is 0 Å². The highest BCUT2D eigenvalue weighted by Gasteiger charge is 2.32. The molecule has 2 heterocycles. The highest BCUT2D eigenvalue weighted by molar-refractivity contribution is 6.25. The van der Waals surface area contributed by atoms with Crippen LogP contribution in [0.1, 0.15) is 45.5 Å². The summed E-state index contributed by atoms with van der Waals surface area (Å²) < 4.78 is 0. The number of unbranched alkanes of at least 4 members (excludes halogenated alkanes) is 1. The number of carbonyl (C=O) groups is 2. The van der Waals surface area contributed by atoms with E-state index in [-0.39, 0.29) is 11.8 Å². The summed E-state index contributed by atoms with van der Waals surface area (Å²) >= 11 is 0. The third-order valence-corrected chi connectivity index (χ3v) is 6.34. The maximum atomic E-state index is 13.0. The number of rotatable bonds is 6. The standard InChI is InChI=1S/C27H26N2O2/c30-26-23-14-6-11-21-12-7-15-24(25(21)23)27(31)29(26)18-5-4-16-28-17-8-13-22(19-28)20-9-2-1-3-10-20/h1-3,6-7,9-15H,4-5,8,16-19H2. The molecule has 31 heavy (non-hydrogen) atoms. The van der Waals surface area contributed by atoms with Crippen molar-refractivity contribution in [3.05, 3.63) is 89.5 Å². The SMILES string of the molecule is O=C1c2cccc3cccc(c23)C(=O)N1CCCCN1CCC=C(c2ccccc2)C1. The lowest BCUT2D eigenvalue weighted by atomic mass is 9.94. The molecular weight excluding hydrogens is 384 g/mol. The first kappa shape index (κ1) is 19.7. The van der Waals surface area contributed by atoms with Crippen molar-refractivity contribution in [2.75, 3.05) is 26.2 Å². The van der Waals surface area contributed by atoms with E-state index in [4.69, 9.17) is 0 Å². The Bertz CT molecular complexity index is 1120. The Balaban J connectivity index is 1.19. The van der Waals surface area contributed by atoms with Crippen LogP contribution >= 0.6 is 0 Å². The molecule has 2 amide bonds. The van der Waals surface area contributed by atoms with Crippen LogP contribution in [0.3, 0.4) is 0 Å². The van der Waals surface area contributed by atoms with Crippen molar-refractivity contribution in [2.24, 2.45) is 0 Å². The molecular formula is C27H26N2O2. The monoisotopic (exact) mass is 410 g/mol. The molecule has 0 aromatic heterocycles. The molecule has 0 fully saturated rings. The molecule has 0 saturated carbocycles. The van der Waals surface area contributed by atoms with Gasteiger partial charge in [-0.2, -0.15) is 0 Å². The van der Waals surface area contributed by atoms with Crippen LogP contribution in [0.4, 0.5) is 0 Å². The predicted octanol–water partition coefficient (Wildman–Crippen LogP) is 5.01. The maximum Gasteiger partial charge on any atom is 0.261 e. The van der Waals surface area contributed by atoms with Gasteiger partial charge in [0.1, 0.15) is 0 Å². The van der Waals surface area contributed by atoms with Gasteiger partial charge >= 0.3 is 0 Å². The van der Waals surface area contributed by atoms with E-state index in [1.54, 1.807) is 0 Å². The molecule has 3 aromatic carbocycles. The van der Waals surface area contributed by atoms with Crippen LogP contribution in [0, 0.1) is 0 Å². The van der Waals surface area contributed by atoms with Crippen LogP contribution in [0.25, 0.3) is 16.3 Å². The predicted molar refractivity (Wildman–Crippen MR) is 124 cm³/mol. The van der Waals surface area contributed by atoms with Crippen molar-refractivity contribution in [3.63, 3.8) is 0 Å². The van der Waals surface area contributed by atoms with Gasteiger partial charge in [0.25, 0.3) is 11.8 Å². The Hall–Kier alpha value is -3.24. The second-order valence-electron chi connectivity index (χ2n) is 8.34. The second-order valence-corrected chi connectivity index (χ2v) is 8.34. The van der Waals surface area contributed by atoms with Crippen LogP contribution in [-0.2, 0) is 0 Å². The van der Waals surface area contributed by atoms with Gasteiger partial charge in [-0.3, -0.25) is 19.4 Å². The van der Waals surface area contributed by atoms with Gasteiger partial charge in [0.15, 0.2) is 0 Å². The molecule has 0 saturated heterocycles. The van der Waals surface area contributed by atoms with Gasteiger partial charge in [0, 0.05) is 36.1 Å².